The summed E-state index contributed by atoms with van der Waals surface area (Å²) in [5.74, 6) is 1.34. The lowest BCUT2D eigenvalue weighted by molar-refractivity contribution is -0.112. The molecule has 2 aromatic carbocycles. The number of ether oxygens (including phenoxy) is 1. The smallest absolute Gasteiger partial charge is 0.266 e. The van der Waals surface area contributed by atoms with Crippen LogP contribution in [0.15, 0.2) is 70.7 Å². The molecule has 1 aromatic heterocycles. The number of nitrogens with one attached hydrogen (secondary N) is 1. The minimum Gasteiger partial charge on any atom is -0.497 e. The van der Waals surface area contributed by atoms with E-state index in [9.17, 15) is 10.1 Å². The first-order valence-corrected chi connectivity index (χ1v) is 8.34. The van der Waals surface area contributed by atoms with Crippen LogP contribution in [0.1, 0.15) is 11.3 Å². The first-order chi connectivity index (χ1) is 13.1. The maximum atomic E-state index is 12.4. The molecule has 27 heavy (non-hydrogen) atoms. The number of benzene rings is 2. The molecule has 0 fully saturated rings. The van der Waals surface area contributed by atoms with Gasteiger partial charge in [0, 0.05) is 17.3 Å². The van der Waals surface area contributed by atoms with Crippen LogP contribution in [0, 0.1) is 18.3 Å². The lowest BCUT2D eigenvalue weighted by Gasteiger charge is -2.06. The van der Waals surface area contributed by atoms with E-state index >= 15 is 0 Å². The number of para-hydroxylation sites is 1. The zero-order valence-electron chi connectivity index (χ0n) is 15.0. The Hall–Kier alpha value is -3.78. The highest BCUT2D eigenvalue weighted by Crippen LogP contribution is 2.25. The SMILES string of the molecule is COc1ccc(-c2ccc(C=C(C#N)C(=O)Nc3ccccc3C)o2)cc1. The fourth-order valence-corrected chi connectivity index (χ4v) is 2.53. The van der Waals surface area contributed by atoms with Gasteiger partial charge < -0.3 is 14.5 Å². The van der Waals surface area contributed by atoms with Crippen molar-refractivity contribution in [2.45, 2.75) is 6.92 Å². The third-order valence-electron chi connectivity index (χ3n) is 4.05. The molecule has 0 unspecified atom stereocenters. The molecule has 0 saturated heterocycles. The fraction of sp³-hybridized carbons (Fsp3) is 0.0909. The van der Waals surface area contributed by atoms with Crippen LogP contribution >= 0.6 is 0 Å². The molecular weight excluding hydrogens is 340 g/mol. The van der Waals surface area contributed by atoms with Gasteiger partial charge in [-0.15, -0.1) is 0 Å². The summed E-state index contributed by atoms with van der Waals surface area (Å²) in [7, 11) is 1.61. The quantitative estimate of drug-likeness (QED) is 0.525. The Morgan fingerprint density at radius 3 is 2.52 bits per heavy atom. The second kappa shape index (κ2) is 8.07. The molecule has 0 aliphatic heterocycles. The van der Waals surface area contributed by atoms with Gasteiger partial charge in [-0.25, -0.2) is 0 Å². The number of carbonyl (C=O) groups is 1. The number of hydrogen-bond acceptors (Lipinski definition) is 4. The van der Waals surface area contributed by atoms with Crippen molar-refractivity contribution in [3.8, 4) is 23.1 Å². The van der Waals surface area contributed by atoms with Crippen molar-refractivity contribution < 1.29 is 13.9 Å². The largest absolute Gasteiger partial charge is 0.497 e. The second-order valence-corrected chi connectivity index (χ2v) is 5.87. The van der Waals surface area contributed by atoms with Crippen LogP contribution < -0.4 is 10.1 Å². The lowest BCUT2D eigenvalue weighted by Crippen LogP contribution is -2.14. The van der Waals surface area contributed by atoms with Crippen LogP contribution in [0.25, 0.3) is 17.4 Å². The summed E-state index contributed by atoms with van der Waals surface area (Å²) in [6.45, 7) is 1.89. The van der Waals surface area contributed by atoms with E-state index in [1.54, 1.807) is 25.3 Å². The normalized spacial score (nSPS) is 10.9. The highest BCUT2D eigenvalue weighted by molar-refractivity contribution is 6.09. The maximum Gasteiger partial charge on any atom is 0.266 e. The summed E-state index contributed by atoms with van der Waals surface area (Å²) >= 11 is 0. The highest BCUT2D eigenvalue weighted by atomic mass is 16.5. The Morgan fingerprint density at radius 2 is 1.85 bits per heavy atom. The van der Waals surface area contributed by atoms with Gasteiger partial charge in [-0.2, -0.15) is 5.26 Å². The van der Waals surface area contributed by atoms with E-state index in [1.165, 1.54) is 6.08 Å². The van der Waals surface area contributed by atoms with Crippen molar-refractivity contribution in [1.82, 2.24) is 0 Å². The molecule has 0 aliphatic carbocycles. The van der Waals surface area contributed by atoms with Crippen molar-refractivity contribution >= 4 is 17.7 Å². The molecule has 1 heterocycles. The van der Waals surface area contributed by atoms with Crippen LogP contribution in [0.2, 0.25) is 0 Å². The molecule has 0 radical (unpaired) electrons. The summed E-state index contributed by atoms with van der Waals surface area (Å²) < 4.78 is 10.9. The molecule has 3 aromatic rings. The molecule has 3 rings (SSSR count). The van der Waals surface area contributed by atoms with Gasteiger partial charge >= 0.3 is 0 Å². The Bertz CT molecular complexity index is 1020. The van der Waals surface area contributed by atoms with Crippen LogP contribution in [0.3, 0.4) is 0 Å². The minimum absolute atomic E-state index is 0.0334. The molecule has 1 N–H and O–H groups in total. The Morgan fingerprint density at radius 1 is 1.11 bits per heavy atom. The van der Waals surface area contributed by atoms with Crippen LogP contribution in [0.5, 0.6) is 5.75 Å². The number of furan rings is 1. The second-order valence-electron chi connectivity index (χ2n) is 5.87. The predicted molar refractivity (Wildman–Crippen MR) is 104 cm³/mol. The van der Waals surface area contributed by atoms with E-state index in [-0.39, 0.29) is 5.57 Å². The molecule has 0 spiro atoms. The number of rotatable bonds is 5. The van der Waals surface area contributed by atoms with E-state index < -0.39 is 5.91 Å². The Labute approximate surface area is 157 Å². The first-order valence-electron chi connectivity index (χ1n) is 8.34. The number of anilines is 1. The van der Waals surface area contributed by atoms with E-state index in [2.05, 4.69) is 5.32 Å². The molecule has 134 valence electrons. The summed E-state index contributed by atoms with van der Waals surface area (Å²) in [5.41, 5.74) is 2.43. The fourth-order valence-electron chi connectivity index (χ4n) is 2.53. The van der Waals surface area contributed by atoms with Gasteiger partial charge in [-0.3, -0.25) is 4.79 Å². The van der Waals surface area contributed by atoms with Gasteiger partial charge in [-0.05, 0) is 55.0 Å². The number of nitrogens with zero attached hydrogens (tertiary/aromatic N) is 1. The zero-order valence-corrected chi connectivity index (χ0v) is 15.0. The van der Waals surface area contributed by atoms with Crippen molar-refractivity contribution in [3.63, 3.8) is 0 Å². The van der Waals surface area contributed by atoms with Gasteiger partial charge in [0.05, 0.1) is 7.11 Å². The minimum atomic E-state index is -0.478. The van der Waals surface area contributed by atoms with Crippen LogP contribution in [0.4, 0.5) is 5.69 Å². The summed E-state index contributed by atoms with van der Waals surface area (Å²) in [6.07, 6.45) is 1.43. The van der Waals surface area contributed by atoms with Gasteiger partial charge in [0.25, 0.3) is 5.91 Å². The molecular formula is C22H18N2O3. The molecule has 0 bridgehead atoms. The van der Waals surface area contributed by atoms with E-state index in [4.69, 9.17) is 9.15 Å². The lowest BCUT2D eigenvalue weighted by atomic mass is 10.1. The molecule has 5 nitrogen and oxygen atoms in total. The zero-order chi connectivity index (χ0) is 19.2. The number of carbonyl (C=O) groups excluding carboxylic acids is 1. The summed E-state index contributed by atoms with van der Waals surface area (Å²) in [5, 5.41) is 12.1. The molecule has 0 saturated carbocycles. The highest BCUT2D eigenvalue weighted by Gasteiger charge is 2.12. The van der Waals surface area contributed by atoms with Gasteiger partial charge in [0.2, 0.25) is 0 Å². The standard InChI is InChI=1S/C22H18N2O3/c1-15-5-3-4-6-20(15)24-22(25)17(14-23)13-19-11-12-21(27-19)16-7-9-18(26-2)10-8-16/h3-13H,1-2H3,(H,24,25). The van der Waals surface area contributed by atoms with Crippen LogP contribution in [-0.4, -0.2) is 13.0 Å². The van der Waals surface area contributed by atoms with Crippen molar-refractivity contribution in [2.75, 3.05) is 12.4 Å². The van der Waals surface area contributed by atoms with E-state index in [0.29, 0.717) is 17.2 Å². The van der Waals surface area contributed by atoms with Gasteiger partial charge in [0.15, 0.2) is 0 Å². The Kier molecular flexibility index (Phi) is 5.38. The van der Waals surface area contributed by atoms with Gasteiger partial charge in [0.1, 0.15) is 28.9 Å². The summed E-state index contributed by atoms with van der Waals surface area (Å²) in [4.78, 5) is 12.4. The number of aryl methyl sites for hydroxylation is 1. The topological polar surface area (TPSA) is 75.3 Å². The van der Waals surface area contributed by atoms with Gasteiger partial charge in [-0.1, -0.05) is 18.2 Å². The first kappa shape index (κ1) is 18.0. The average Bonchev–Trinajstić information content (AvgIpc) is 3.16. The molecule has 0 aliphatic rings. The number of hydrogen-bond donors (Lipinski definition) is 1. The third kappa shape index (κ3) is 4.25. The molecule has 5 heteroatoms. The number of amides is 1. The predicted octanol–water partition coefficient (Wildman–Crippen LogP) is 4.81. The summed E-state index contributed by atoms with van der Waals surface area (Å²) in [6, 6.07) is 20.3. The third-order valence-corrected chi connectivity index (χ3v) is 4.05. The van der Waals surface area contributed by atoms with E-state index in [0.717, 1.165) is 16.9 Å². The van der Waals surface area contributed by atoms with Crippen molar-refractivity contribution in [2.24, 2.45) is 0 Å². The average molecular weight is 358 g/mol. The molecule has 1 amide bonds. The monoisotopic (exact) mass is 358 g/mol. The number of methoxy groups -OCH3 is 1. The van der Waals surface area contributed by atoms with Crippen molar-refractivity contribution in [3.05, 3.63) is 77.6 Å². The maximum absolute atomic E-state index is 12.4. The number of nitriles is 1. The van der Waals surface area contributed by atoms with Crippen molar-refractivity contribution in [1.29, 1.82) is 5.26 Å². The molecule has 0 atom stereocenters. The van der Waals surface area contributed by atoms with E-state index in [1.807, 2.05) is 55.5 Å². The van der Waals surface area contributed by atoms with Crippen LogP contribution in [-0.2, 0) is 4.79 Å². The Balaban J connectivity index is 1.79.